The fourth-order valence-electron chi connectivity index (χ4n) is 4.30. The summed E-state index contributed by atoms with van der Waals surface area (Å²) in [5, 5.41) is 15.0. The number of carbonyl (C=O) groups excluding carboxylic acids is 1. The van der Waals surface area contributed by atoms with E-state index in [4.69, 9.17) is 13.6 Å². The van der Waals surface area contributed by atoms with Gasteiger partial charge in [-0.3, -0.25) is 4.79 Å². The van der Waals surface area contributed by atoms with E-state index in [1.54, 1.807) is 68.4 Å². The number of benzene rings is 3. The molecule has 2 heterocycles. The number of phenols is 1. The number of fused-ring (bicyclic) bond motifs is 2. The molecule has 0 aliphatic heterocycles. The van der Waals surface area contributed by atoms with Crippen LogP contribution in [0.25, 0.3) is 33.1 Å². The van der Waals surface area contributed by atoms with Gasteiger partial charge < -0.3 is 24.0 Å². The minimum atomic E-state index is -0.594. The minimum absolute atomic E-state index is 0.0695. The summed E-state index contributed by atoms with van der Waals surface area (Å²) in [5.41, 5.74) is 1.43. The first-order chi connectivity index (χ1) is 17.9. The van der Waals surface area contributed by atoms with Crippen molar-refractivity contribution in [1.82, 2.24) is 0 Å². The Morgan fingerprint density at radius 3 is 2.46 bits per heavy atom. The fourth-order valence-corrected chi connectivity index (χ4v) is 4.30. The minimum Gasteiger partial charge on any atom is -0.507 e. The van der Waals surface area contributed by atoms with Crippen LogP contribution in [0.4, 0.5) is 5.69 Å². The van der Waals surface area contributed by atoms with Gasteiger partial charge in [-0.25, -0.2) is 9.59 Å². The molecule has 0 aliphatic carbocycles. The van der Waals surface area contributed by atoms with E-state index in [0.29, 0.717) is 33.2 Å². The highest BCUT2D eigenvalue weighted by atomic mass is 16.5. The Labute approximate surface area is 210 Å². The Kier molecular flexibility index (Phi) is 6.23. The zero-order valence-corrected chi connectivity index (χ0v) is 20.2. The van der Waals surface area contributed by atoms with Crippen LogP contribution in [-0.2, 0) is 11.3 Å². The van der Waals surface area contributed by atoms with Crippen molar-refractivity contribution in [2.75, 3.05) is 11.9 Å². The van der Waals surface area contributed by atoms with Gasteiger partial charge in [0.15, 0.2) is 5.58 Å². The highest BCUT2D eigenvalue weighted by Gasteiger charge is 2.23. The predicted octanol–water partition coefficient (Wildman–Crippen LogP) is 5.37. The van der Waals surface area contributed by atoms with Gasteiger partial charge in [0.2, 0.25) is 5.43 Å². The molecule has 2 aromatic heterocycles. The van der Waals surface area contributed by atoms with Crippen LogP contribution in [0.2, 0.25) is 0 Å². The summed E-state index contributed by atoms with van der Waals surface area (Å²) in [4.78, 5) is 37.9. The zero-order chi connectivity index (χ0) is 26.1. The average Bonchev–Trinajstić information content (AvgIpc) is 2.88. The molecule has 0 saturated heterocycles. The number of esters is 1. The van der Waals surface area contributed by atoms with Gasteiger partial charge in [-0.05, 0) is 67.9 Å². The Hall–Kier alpha value is -4.85. The molecule has 3 aromatic carbocycles. The number of rotatable bonds is 6. The summed E-state index contributed by atoms with van der Waals surface area (Å²) in [7, 11) is 0. The monoisotopic (exact) mass is 497 g/mol. The topological polar surface area (TPSA) is 119 Å². The van der Waals surface area contributed by atoms with Gasteiger partial charge in [0, 0.05) is 17.1 Å². The maximum atomic E-state index is 13.7. The number of hydrogen-bond acceptors (Lipinski definition) is 8. The van der Waals surface area contributed by atoms with Gasteiger partial charge in [-0.15, -0.1) is 0 Å². The molecule has 0 aliphatic rings. The Balaban J connectivity index is 1.65. The molecule has 0 unspecified atom stereocenters. The van der Waals surface area contributed by atoms with E-state index in [1.807, 2.05) is 0 Å². The fraction of sp³-hybridized carbons (Fsp3) is 0.138. The first kappa shape index (κ1) is 23.9. The molecule has 5 rings (SSSR count). The van der Waals surface area contributed by atoms with Crippen LogP contribution in [0, 0.1) is 6.92 Å². The van der Waals surface area contributed by atoms with E-state index in [2.05, 4.69) is 5.32 Å². The van der Waals surface area contributed by atoms with Crippen molar-refractivity contribution in [3.63, 3.8) is 0 Å². The van der Waals surface area contributed by atoms with Crippen molar-refractivity contribution in [2.24, 2.45) is 0 Å². The van der Waals surface area contributed by atoms with Crippen LogP contribution in [0.15, 0.2) is 85.2 Å². The molecule has 0 radical (unpaired) electrons. The van der Waals surface area contributed by atoms with Crippen molar-refractivity contribution in [1.29, 1.82) is 0 Å². The second kappa shape index (κ2) is 9.66. The number of anilines is 1. The number of carbonyl (C=O) groups is 1. The number of ether oxygens (including phenoxy) is 1. The molecular formula is C29H23NO7. The third-order valence-electron chi connectivity index (χ3n) is 6.07. The number of hydrogen-bond donors (Lipinski definition) is 2. The first-order valence-electron chi connectivity index (χ1n) is 11.7. The number of nitrogens with one attached hydrogen (secondary N) is 1. The lowest BCUT2D eigenvalue weighted by Crippen LogP contribution is -2.13. The molecule has 0 bridgehead atoms. The molecule has 2 N–H and O–H groups in total. The largest absolute Gasteiger partial charge is 0.507 e. The van der Waals surface area contributed by atoms with Gasteiger partial charge >= 0.3 is 11.6 Å². The Bertz CT molecular complexity index is 1760. The number of para-hydroxylation sites is 1. The predicted molar refractivity (Wildman–Crippen MR) is 140 cm³/mol. The third-order valence-corrected chi connectivity index (χ3v) is 6.07. The van der Waals surface area contributed by atoms with Crippen molar-refractivity contribution in [3.05, 3.63) is 104 Å². The Morgan fingerprint density at radius 2 is 1.70 bits per heavy atom. The Morgan fingerprint density at radius 1 is 0.946 bits per heavy atom. The van der Waals surface area contributed by atoms with Crippen molar-refractivity contribution in [3.8, 4) is 16.9 Å². The van der Waals surface area contributed by atoms with Gasteiger partial charge in [0.25, 0.3) is 0 Å². The van der Waals surface area contributed by atoms with Gasteiger partial charge in [-0.2, -0.15) is 0 Å². The molecule has 0 amide bonds. The number of aromatic hydroxyl groups is 1. The maximum Gasteiger partial charge on any atom is 0.338 e. The summed E-state index contributed by atoms with van der Waals surface area (Å²) in [6.45, 7) is 3.84. The normalized spacial score (nSPS) is 11.1. The highest BCUT2D eigenvalue weighted by Crippen LogP contribution is 2.38. The second-order valence-corrected chi connectivity index (χ2v) is 8.46. The van der Waals surface area contributed by atoms with Crippen LogP contribution in [-0.4, -0.2) is 17.7 Å². The molecule has 37 heavy (non-hydrogen) atoms. The lowest BCUT2D eigenvalue weighted by Gasteiger charge is -2.14. The molecule has 8 nitrogen and oxygen atoms in total. The number of aryl methyl sites for hydroxylation is 1. The van der Waals surface area contributed by atoms with E-state index in [1.165, 1.54) is 12.1 Å². The molecular weight excluding hydrogens is 474 g/mol. The zero-order valence-electron chi connectivity index (χ0n) is 20.2. The van der Waals surface area contributed by atoms with Crippen LogP contribution < -0.4 is 16.4 Å². The molecule has 0 atom stereocenters. The molecule has 0 saturated carbocycles. The third kappa shape index (κ3) is 4.45. The summed E-state index contributed by atoms with van der Waals surface area (Å²) in [5.74, 6) is -0.394. The molecule has 0 spiro atoms. The van der Waals surface area contributed by atoms with Crippen LogP contribution in [0.3, 0.4) is 0 Å². The summed E-state index contributed by atoms with van der Waals surface area (Å²) >= 11 is 0. The quantitative estimate of drug-likeness (QED) is 0.237. The van der Waals surface area contributed by atoms with Crippen molar-refractivity contribution < 1.29 is 23.5 Å². The van der Waals surface area contributed by atoms with Crippen molar-refractivity contribution >= 4 is 33.6 Å². The van der Waals surface area contributed by atoms with E-state index < -0.39 is 11.6 Å². The van der Waals surface area contributed by atoms with Gasteiger partial charge in [0.05, 0.1) is 35.2 Å². The SMILES string of the molecule is CCOC(=O)c1ccc(NCc2oc3ccccc3c(=O)c2-c2c(O)ccc3c(C)cc(=O)oc23)cc1. The summed E-state index contributed by atoms with van der Waals surface area (Å²) in [6.07, 6.45) is 0. The molecule has 0 fully saturated rings. The first-order valence-corrected chi connectivity index (χ1v) is 11.7. The number of phenolic OH excluding ortho intramolecular Hbond substituents is 1. The van der Waals surface area contributed by atoms with E-state index in [9.17, 15) is 19.5 Å². The molecule has 8 heteroatoms. The summed E-state index contributed by atoms with van der Waals surface area (Å²) in [6, 6.07) is 17.9. The van der Waals surface area contributed by atoms with E-state index >= 15 is 0 Å². The summed E-state index contributed by atoms with van der Waals surface area (Å²) < 4.78 is 16.6. The van der Waals surface area contributed by atoms with E-state index in [0.717, 1.165) is 0 Å². The van der Waals surface area contributed by atoms with E-state index in [-0.39, 0.29) is 46.8 Å². The lowest BCUT2D eigenvalue weighted by atomic mass is 9.97. The second-order valence-electron chi connectivity index (χ2n) is 8.46. The standard InChI is InChI=1S/C29H23NO7/c1-3-35-29(34)17-8-10-18(11-9-17)30-15-23-26(27(33)20-6-4-5-7-22(20)36-23)25-21(31)13-12-19-16(2)14-24(32)37-28(19)25/h4-14,30-31H,3,15H2,1-2H3. The maximum absolute atomic E-state index is 13.7. The van der Waals surface area contributed by atoms with Gasteiger partial charge in [0.1, 0.15) is 17.1 Å². The van der Waals surface area contributed by atoms with Crippen molar-refractivity contribution in [2.45, 2.75) is 20.4 Å². The smallest absolute Gasteiger partial charge is 0.338 e. The van der Waals surface area contributed by atoms with Crippen LogP contribution in [0.1, 0.15) is 28.6 Å². The lowest BCUT2D eigenvalue weighted by molar-refractivity contribution is 0.0526. The molecule has 186 valence electrons. The van der Waals surface area contributed by atoms with Gasteiger partial charge in [-0.1, -0.05) is 12.1 Å². The van der Waals surface area contributed by atoms with Crippen LogP contribution in [0.5, 0.6) is 5.75 Å². The molecule has 5 aromatic rings. The van der Waals surface area contributed by atoms with Crippen LogP contribution >= 0.6 is 0 Å². The highest BCUT2D eigenvalue weighted by molar-refractivity contribution is 5.99. The average molecular weight is 498 g/mol.